The molecule has 0 bridgehead atoms. The molecule has 4 nitrogen and oxygen atoms in total. The van der Waals surface area contributed by atoms with E-state index in [-0.39, 0.29) is 6.10 Å². The fraction of sp³-hybridized carbons (Fsp3) is 1.00. The van der Waals surface area contributed by atoms with Crippen molar-refractivity contribution in [1.82, 2.24) is 5.06 Å². The molecule has 0 aromatic carbocycles. The topological polar surface area (TPSA) is 52.9 Å². The van der Waals surface area contributed by atoms with Gasteiger partial charge >= 0.3 is 0 Å². The largest absolute Gasteiger partial charge is 0.389 e. The van der Waals surface area contributed by atoms with Crippen LogP contribution in [0.3, 0.4) is 0 Å². The lowest BCUT2D eigenvalue weighted by molar-refractivity contribution is -0.149. The molecule has 4 heteroatoms. The average molecular weight is 187 g/mol. The van der Waals surface area contributed by atoms with E-state index in [0.717, 1.165) is 25.7 Å². The molecule has 2 N–H and O–H groups in total. The highest BCUT2D eigenvalue weighted by molar-refractivity contribution is 4.87. The van der Waals surface area contributed by atoms with Crippen LogP contribution in [0.2, 0.25) is 0 Å². The minimum atomic E-state index is -0.565. The molecule has 0 spiro atoms. The molecule has 76 valence electrons. The summed E-state index contributed by atoms with van der Waals surface area (Å²) in [5.74, 6) is 0. The Morgan fingerprint density at radius 2 is 2.08 bits per heavy atom. The van der Waals surface area contributed by atoms with Crippen LogP contribution in [0.5, 0.6) is 0 Å². The molecule has 0 aromatic heterocycles. The van der Waals surface area contributed by atoms with Crippen molar-refractivity contribution in [2.75, 3.05) is 19.7 Å². The number of rotatable bonds is 2. The molecular formula is C9H17NO3. The number of hydrogen-bond acceptors (Lipinski definition) is 4. The Balaban J connectivity index is 1.83. The summed E-state index contributed by atoms with van der Waals surface area (Å²) in [5.41, 5.74) is -0.565. The Hall–Kier alpha value is -0.160. The van der Waals surface area contributed by atoms with Gasteiger partial charge in [0.1, 0.15) is 0 Å². The Kier molecular flexibility index (Phi) is 2.55. The molecule has 1 saturated carbocycles. The molecule has 0 aromatic rings. The van der Waals surface area contributed by atoms with E-state index >= 15 is 0 Å². The second-order valence-corrected chi connectivity index (χ2v) is 4.20. The maximum absolute atomic E-state index is 10.0. The molecule has 1 aliphatic heterocycles. The van der Waals surface area contributed by atoms with Gasteiger partial charge in [-0.25, -0.2) is 0 Å². The highest BCUT2D eigenvalue weighted by Gasteiger charge is 2.35. The third-order valence-corrected chi connectivity index (χ3v) is 2.87. The summed E-state index contributed by atoms with van der Waals surface area (Å²) >= 11 is 0. The Morgan fingerprint density at radius 3 is 2.62 bits per heavy atom. The molecular weight excluding hydrogens is 170 g/mol. The molecule has 1 unspecified atom stereocenters. The summed E-state index contributed by atoms with van der Waals surface area (Å²) < 4.78 is 0. The molecule has 2 aliphatic rings. The van der Waals surface area contributed by atoms with Gasteiger partial charge in [0.05, 0.1) is 31.4 Å². The van der Waals surface area contributed by atoms with Crippen LogP contribution in [0.15, 0.2) is 0 Å². The molecule has 13 heavy (non-hydrogen) atoms. The Bertz CT molecular complexity index is 180. The second kappa shape index (κ2) is 3.53. The average Bonchev–Trinajstić information content (AvgIpc) is 2.62. The predicted octanol–water partition coefficient (Wildman–Crippen LogP) is -0.100. The Labute approximate surface area is 78.1 Å². The minimum absolute atomic E-state index is 0.371. The zero-order chi connectivity index (χ0) is 9.31. The first kappa shape index (κ1) is 9.40. The zero-order valence-corrected chi connectivity index (χ0v) is 7.78. The van der Waals surface area contributed by atoms with E-state index in [1.165, 1.54) is 0 Å². The van der Waals surface area contributed by atoms with Gasteiger partial charge in [0.15, 0.2) is 0 Å². The molecule has 1 saturated heterocycles. The fourth-order valence-corrected chi connectivity index (χ4v) is 2.16. The first-order valence-electron chi connectivity index (χ1n) is 4.96. The lowest BCUT2D eigenvalue weighted by Gasteiger charge is -2.26. The number of aliphatic hydroxyl groups is 2. The standard InChI is InChI=1S/C9H17NO3/c11-8-5-10(13-6-8)7-9(12)3-1-2-4-9/h8,11-12H,1-7H2. The van der Waals surface area contributed by atoms with Crippen molar-refractivity contribution in [2.24, 2.45) is 0 Å². The van der Waals surface area contributed by atoms with Crippen molar-refractivity contribution in [2.45, 2.75) is 37.4 Å². The van der Waals surface area contributed by atoms with Crippen LogP contribution in [-0.4, -0.2) is 46.7 Å². The van der Waals surface area contributed by atoms with Crippen molar-refractivity contribution in [1.29, 1.82) is 0 Å². The van der Waals surface area contributed by atoms with E-state index in [0.29, 0.717) is 19.7 Å². The summed E-state index contributed by atoms with van der Waals surface area (Å²) in [5, 5.41) is 20.9. The Morgan fingerprint density at radius 1 is 1.38 bits per heavy atom. The van der Waals surface area contributed by atoms with Crippen LogP contribution in [0.1, 0.15) is 25.7 Å². The van der Waals surface area contributed by atoms with Gasteiger partial charge in [-0.05, 0) is 12.8 Å². The summed E-state index contributed by atoms with van der Waals surface area (Å²) in [6, 6.07) is 0. The van der Waals surface area contributed by atoms with Gasteiger partial charge < -0.3 is 10.2 Å². The quantitative estimate of drug-likeness (QED) is 0.634. The smallest absolute Gasteiger partial charge is 0.0958 e. The number of aliphatic hydroxyl groups excluding tert-OH is 1. The molecule has 1 aliphatic carbocycles. The SMILES string of the molecule is OC1CON(CC2(O)CCCC2)C1. The van der Waals surface area contributed by atoms with Crippen molar-refractivity contribution < 1.29 is 15.1 Å². The lowest BCUT2D eigenvalue weighted by atomic mass is 10.0. The van der Waals surface area contributed by atoms with Gasteiger partial charge in [0.2, 0.25) is 0 Å². The highest BCUT2D eigenvalue weighted by atomic mass is 16.7. The van der Waals surface area contributed by atoms with Crippen molar-refractivity contribution in [3.05, 3.63) is 0 Å². The zero-order valence-electron chi connectivity index (χ0n) is 7.78. The maximum Gasteiger partial charge on any atom is 0.0958 e. The van der Waals surface area contributed by atoms with Crippen LogP contribution in [0.25, 0.3) is 0 Å². The van der Waals surface area contributed by atoms with Crippen molar-refractivity contribution in [3.8, 4) is 0 Å². The third kappa shape index (κ3) is 2.20. The number of hydroxylamine groups is 2. The summed E-state index contributed by atoms with van der Waals surface area (Å²) in [6.45, 7) is 1.45. The molecule has 2 fully saturated rings. The van der Waals surface area contributed by atoms with Gasteiger partial charge in [0.25, 0.3) is 0 Å². The predicted molar refractivity (Wildman–Crippen MR) is 46.9 cm³/mol. The third-order valence-electron chi connectivity index (χ3n) is 2.87. The van der Waals surface area contributed by atoms with Gasteiger partial charge in [-0.3, -0.25) is 4.84 Å². The van der Waals surface area contributed by atoms with Gasteiger partial charge in [-0.1, -0.05) is 12.8 Å². The first-order valence-corrected chi connectivity index (χ1v) is 4.96. The summed E-state index contributed by atoms with van der Waals surface area (Å²) in [7, 11) is 0. The van der Waals surface area contributed by atoms with Gasteiger partial charge in [-0.15, -0.1) is 0 Å². The van der Waals surface area contributed by atoms with E-state index in [1.54, 1.807) is 5.06 Å². The van der Waals surface area contributed by atoms with Crippen LogP contribution in [-0.2, 0) is 4.84 Å². The van der Waals surface area contributed by atoms with E-state index in [2.05, 4.69) is 0 Å². The van der Waals surface area contributed by atoms with Gasteiger partial charge in [-0.2, -0.15) is 5.06 Å². The van der Waals surface area contributed by atoms with Gasteiger partial charge in [0, 0.05) is 0 Å². The van der Waals surface area contributed by atoms with Crippen LogP contribution < -0.4 is 0 Å². The summed E-state index contributed by atoms with van der Waals surface area (Å²) in [6.07, 6.45) is 3.55. The number of hydrogen-bond donors (Lipinski definition) is 2. The van der Waals surface area contributed by atoms with E-state index < -0.39 is 5.60 Å². The molecule has 0 amide bonds. The van der Waals surface area contributed by atoms with E-state index in [9.17, 15) is 10.2 Å². The molecule has 1 heterocycles. The minimum Gasteiger partial charge on any atom is -0.389 e. The molecule has 1 atom stereocenters. The van der Waals surface area contributed by atoms with Crippen molar-refractivity contribution >= 4 is 0 Å². The lowest BCUT2D eigenvalue weighted by Crippen LogP contribution is -2.39. The van der Waals surface area contributed by atoms with Crippen LogP contribution >= 0.6 is 0 Å². The normalized spacial score (nSPS) is 34.2. The summed E-state index contributed by atoms with van der Waals surface area (Å²) in [4.78, 5) is 5.22. The number of β-amino-alcohol motifs (C(OH)–C–C–N with tert-alkyl or cyclic N) is 2. The second-order valence-electron chi connectivity index (χ2n) is 4.20. The van der Waals surface area contributed by atoms with E-state index in [4.69, 9.17) is 4.84 Å². The molecule has 0 radical (unpaired) electrons. The molecule has 2 rings (SSSR count). The maximum atomic E-state index is 10.0. The highest BCUT2D eigenvalue weighted by Crippen LogP contribution is 2.30. The number of nitrogens with zero attached hydrogens (tertiary/aromatic N) is 1. The van der Waals surface area contributed by atoms with E-state index in [1.807, 2.05) is 0 Å². The fourth-order valence-electron chi connectivity index (χ4n) is 2.16. The first-order chi connectivity index (χ1) is 6.18. The van der Waals surface area contributed by atoms with Crippen LogP contribution in [0.4, 0.5) is 0 Å². The monoisotopic (exact) mass is 187 g/mol. The van der Waals surface area contributed by atoms with Crippen LogP contribution in [0, 0.1) is 0 Å². The van der Waals surface area contributed by atoms with Crippen molar-refractivity contribution in [3.63, 3.8) is 0 Å².